The quantitative estimate of drug-likeness (QED) is 0.520. The summed E-state index contributed by atoms with van der Waals surface area (Å²) in [5.74, 6) is 7.07. The molecule has 4 unspecified atom stereocenters. The van der Waals surface area contributed by atoms with Gasteiger partial charge in [-0.05, 0) is 111 Å². The van der Waals surface area contributed by atoms with Gasteiger partial charge >= 0.3 is 0 Å². The molecule has 1 nitrogen and oxygen atoms in total. The molecule has 3 saturated carbocycles. The minimum atomic E-state index is 0.785. The van der Waals surface area contributed by atoms with Crippen LogP contribution in [0.3, 0.4) is 0 Å². The van der Waals surface area contributed by atoms with Crippen molar-refractivity contribution in [3.8, 4) is 5.75 Å². The van der Waals surface area contributed by atoms with Crippen molar-refractivity contribution < 1.29 is 4.74 Å². The molecule has 1 aromatic rings. The van der Waals surface area contributed by atoms with Crippen LogP contribution in [0.1, 0.15) is 95.5 Å². The molecular weight excluding hydrogens is 328 g/mol. The Bertz CT molecular complexity index is 568. The molecule has 0 spiro atoms. The van der Waals surface area contributed by atoms with Crippen molar-refractivity contribution in [2.45, 2.75) is 89.9 Å². The molecule has 0 saturated heterocycles. The Hall–Kier alpha value is -0.980. The fraction of sp³-hybridized carbons (Fsp3) is 0.769. The molecule has 0 amide bonds. The van der Waals surface area contributed by atoms with Crippen LogP contribution in [0.25, 0.3) is 0 Å². The zero-order chi connectivity index (χ0) is 18.6. The highest BCUT2D eigenvalue weighted by Gasteiger charge is 2.38. The first-order valence-electron chi connectivity index (χ1n) is 11.9. The number of hydrogen-bond donors (Lipinski definition) is 0. The van der Waals surface area contributed by atoms with Crippen molar-refractivity contribution in [1.82, 2.24) is 0 Å². The van der Waals surface area contributed by atoms with Crippen molar-refractivity contribution in [2.24, 2.45) is 29.6 Å². The lowest BCUT2D eigenvalue weighted by atomic mass is 9.60. The zero-order valence-corrected chi connectivity index (χ0v) is 17.7. The van der Waals surface area contributed by atoms with Crippen LogP contribution < -0.4 is 4.74 Å². The van der Waals surface area contributed by atoms with Gasteiger partial charge in [0.2, 0.25) is 0 Å². The van der Waals surface area contributed by atoms with Crippen LogP contribution in [0, 0.1) is 29.6 Å². The Kier molecular flexibility index (Phi) is 6.46. The SMILES string of the molecule is CCCC1CCC2CC(C3CCC(c4ccc(OC)cc4)CC3)CCC2C1. The Morgan fingerprint density at radius 3 is 2.00 bits per heavy atom. The van der Waals surface area contributed by atoms with Crippen LogP contribution in [0.2, 0.25) is 0 Å². The third-order valence-corrected chi connectivity index (χ3v) is 8.48. The van der Waals surface area contributed by atoms with Gasteiger partial charge in [0.1, 0.15) is 5.75 Å². The highest BCUT2D eigenvalue weighted by atomic mass is 16.5. The monoisotopic (exact) mass is 368 g/mol. The van der Waals surface area contributed by atoms with Gasteiger partial charge in [-0.2, -0.15) is 0 Å². The smallest absolute Gasteiger partial charge is 0.118 e. The summed E-state index contributed by atoms with van der Waals surface area (Å²) in [4.78, 5) is 0. The van der Waals surface area contributed by atoms with E-state index in [1.54, 1.807) is 32.8 Å². The van der Waals surface area contributed by atoms with E-state index in [0.29, 0.717) is 0 Å². The van der Waals surface area contributed by atoms with Gasteiger partial charge in [-0.1, -0.05) is 38.3 Å². The Morgan fingerprint density at radius 2 is 1.33 bits per heavy atom. The number of methoxy groups -OCH3 is 1. The Balaban J connectivity index is 1.26. The molecule has 4 rings (SSSR count). The maximum absolute atomic E-state index is 5.32. The predicted molar refractivity (Wildman–Crippen MR) is 114 cm³/mol. The van der Waals surface area contributed by atoms with Crippen LogP contribution in [0.15, 0.2) is 24.3 Å². The second-order valence-corrected chi connectivity index (χ2v) is 9.95. The Labute approximate surface area is 167 Å². The molecule has 150 valence electrons. The second kappa shape index (κ2) is 9.01. The summed E-state index contributed by atoms with van der Waals surface area (Å²) in [6.45, 7) is 2.37. The van der Waals surface area contributed by atoms with Gasteiger partial charge < -0.3 is 4.74 Å². The van der Waals surface area contributed by atoms with Crippen LogP contribution in [-0.4, -0.2) is 7.11 Å². The highest BCUT2D eigenvalue weighted by Crippen LogP contribution is 2.50. The summed E-state index contributed by atoms with van der Waals surface area (Å²) >= 11 is 0. The summed E-state index contributed by atoms with van der Waals surface area (Å²) in [5.41, 5.74) is 1.53. The summed E-state index contributed by atoms with van der Waals surface area (Å²) in [6.07, 6.45) is 17.9. The summed E-state index contributed by atoms with van der Waals surface area (Å²) < 4.78 is 5.32. The van der Waals surface area contributed by atoms with Crippen molar-refractivity contribution >= 4 is 0 Å². The molecule has 0 heterocycles. The molecule has 1 heteroatoms. The molecule has 1 aromatic carbocycles. The van der Waals surface area contributed by atoms with E-state index in [4.69, 9.17) is 4.74 Å². The van der Waals surface area contributed by atoms with Gasteiger partial charge in [-0.25, -0.2) is 0 Å². The third-order valence-electron chi connectivity index (χ3n) is 8.48. The van der Waals surface area contributed by atoms with Gasteiger partial charge in [-0.3, -0.25) is 0 Å². The van der Waals surface area contributed by atoms with Crippen molar-refractivity contribution in [2.75, 3.05) is 7.11 Å². The maximum Gasteiger partial charge on any atom is 0.118 e. The highest BCUT2D eigenvalue weighted by molar-refractivity contribution is 5.29. The molecule has 3 fully saturated rings. The van der Waals surface area contributed by atoms with Crippen molar-refractivity contribution in [3.05, 3.63) is 29.8 Å². The Morgan fingerprint density at radius 1 is 0.741 bits per heavy atom. The minimum Gasteiger partial charge on any atom is -0.497 e. The molecular formula is C26H40O. The first-order chi connectivity index (χ1) is 13.3. The van der Waals surface area contributed by atoms with E-state index in [-0.39, 0.29) is 0 Å². The summed E-state index contributed by atoms with van der Waals surface area (Å²) in [5, 5.41) is 0. The van der Waals surface area contributed by atoms with Crippen LogP contribution in [0.5, 0.6) is 5.75 Å². The molecule has 0 radical (unpaired) electrons. The molecule has 27 heavy (non-hydrogen) atoms. The van der Waals surface area contributed by atoms with Gasteiger partial charge in [-0.15, -0.1) is 0 Å². The normalized spacial score (nSPS) is 36.8. The first-order valence-corrected chi connectivity index (χ1v) is 11.9. The zero-order valence-electron chi connectivity index (χ0n) is 17.7. The maximum atomic E-state index is 5.32. The van der Waals surface area contributed by atoms with Crippen molar-refractivity contribution in [3.63, 3.8) is 0 Å². The molecule has 0 aromatic heterocycles. The average molecular weight is 369 g/mol. The largest absolute Gasteiger partial charge is 0.497 e. The number of ether oxygens (including phenoxy) is 1. The van der Waals surface area contributed by atoms with Crippen LogP contribution >= 0.6 is 0 Å². The molecule has 0 N–H and O–H groups in total. The van der Waals surface area contributed by atoms with E-state index in [9.17, 15) is 0 Å². The number of benzene rings is 1. The van der Waals surface area contributed by atoms with Gasteiger partial charge in [0.15, 0.2) is 0 Å². The average Bonchev–Trinajstić information content (AvgIpc) is 2.74. The summed E-state index contributed by atoms with van der Waals surface area (Å²) in [6, 6.07) is 8.86. The second-order valence-electron chi connectivity index (χ2n) is 9.95. The van der Waals surface area contributed by atoms with Crippen molar-refractivity contribution in [1.29, 1.82) is 0 Å². The lowest BCUT2D eigenvalue weighted by Gasteiger charge is -2.45. The van der Waals surface area contributed by atoms with Gasteiger partial charge in [0.05, 0.1) is 7.11 Å². The number of fused-ring (bicyclic) bond motifs is 1. The van der Waals surface area contributed by atoms with E-state index < -0.39 is 0 Å². The standard InChI is InChI=1S/C26H40O/c1-3-4-19-5-6-25-18-24(12-11-23(25)17-19)22-9-7-20(8-10-22)21-13-15-26(27-2)16-14-21/h13-16,19-20,22-25H,3-12,17-18H2,1-2H3. The van der Waals surface area contributed by atoms with Crippen LogP contribution in [-0.2, 0) is 0 Å². The van der Waals surface area contributed by atoms with Crippen LogP contribution in [0.4, 0.5) is 0 Å². The third kappa shape index (κ3) is 4.54. The van der Waals surface area contributed by atoms with E-state index in [0.717, 1.165) is 41.3 Å². The van der Waals surface area contributed by atoms with E-state index in [2.05, 4.69) is 31.2 Å². The number of hydrogen-bond acceptors (Lipinski definition) is 1. The summed E-state index contributed by atoms with van der Waals surface area (Å²) in [7, 11) is 1.76. The van der Waals surface area contributed by atoms with Gasteiger partial charge in [0, 0.05) is 0 Å². The van der Waals surface area contributed by atoms with E-state index >= 15 is 0 Å². The van der Waals surface area contributed by atoms with E-state index in [1.165, 1.54) is 56.9 Å². The lowest BCUT2D eigenvalue weighted by Crippen LogP contribution is -2.34. The predicted octanol–water partition coefficient (Wildman–Crippen LogP) is 7.60. The van der Waals surface area contributed by atoms with Gasteiger partial charge in [0.25, 0.3) is 0 Å². The molecule has 0 bridgehead atoms. The lowest BCUT2D eigenvalue weighted by molar-refractivity contribution is 0.0618. The molecule has 0 aliphatic heterocycles. The first kappa shape index (κ1) is 19.3. The fourth-order valence-electron chi connectivity index (χ4n) is 6.92. The molecule has 4 atom stereocenters. The molecule has 3 aliphatic rings. The fourth-order valence-corrected chi connectivity index (χ4v) is 6.92. The topological polar surface area (TPSA) is 9.23 Å². The van der Waals surface area contributed by atoms with E-state index in [1.807, 2.05) is 0 Å². The molecule has 3 aliphatic carbocycles. The number of rotatable bonds is 5. The minimum absolute atomic E-state index is 0.785.